The Balaban J connectivity index is 1.56. The zero-order chi connectivity index (χ0) is 23.2. The van der Waals surface area contributed by atoms with Gasteiger partial charge in [0.25, 0.3) is 11.7 Å². The van der Waals surface area contributed by atoms with Crippen LogP contribution in [0.15, 0.2) is 83.7 Å². The van der Waals surface area contributed by atoms with Gasteiger partial charge in [-0.05, 0) is 41.1 Å². The number of benzene rings is 3. The quantitative estimate of drug-likeness (QED) is 0.250. The Morgan fingerprint density at radius 3 is 2.53 bits per heavy atom. The number of ketones is 1. The number of carbonyl (C=O) groups excluding carboxylic acids is 2. The summed E-state index contributed by atoms with van der Waals surface area (Å²) in [6.45, 7) is 0.852. The number of hydrogen-bond donors (Lipinski definition) is 1. The molecule has 34 heavy (non-hydrogen) atoms. The number of thiophene rings is 1. The normalized spacial score (nSPS) is 19.1. The van der Waals surface area contributed by atoms with Crippen molar-refractivity contribution in [2.24, 2.45) is 0 Å². The van der Waals surface area contributed by atoms with E-state index in [1.807, 2.05) is 60.0 Å². The molecule has 1 N–H and O–H groups in total. The standard InChI is InChI=1S/C27H19NO5S/c29-25(17-10-11-20-21(15-17)33-13-12-32-20)23-24(22-9-4-14-34-22)28(27(31)26(23)30)19-8-3-6-16-5-1-2-7-18(16)19/h1-11,14-15,24,29H,12-13H2/b25-23-. The molecule has 0 saturated carbocycles. The summed E-state index contributed by atoms with van der Waals surface area (Å²) in [6.07, 6.45) is 0. The number of amides is 1. The van der Waals surface area contributed by atoms with Crippen LogP contribution in [0.5, 0.6) is 11.5 Å². The molecule has 6 rings (SSSR count). The first-order valence-electron chi connectivity index (χ1n) is 10.9. The molecule has 3 aromatic carbocycles. The van der Waals surface area contributed by atoms with E-state index in [2.05, 4.69) is 0 Å². The topological polar surface area (TPSA) is 76.1 Å². The summed E-state index contributed by atoms with van der Waals surface area (Å²) in [6, 6.07) is 21.4. The van der Waals surface area contributed by atoms with Crippen LogP contribution in [0.3, 0.4) is 0 Å². The number of nitrogens with zero attached hydrogens (tertiary/aromatic N) is 1. The molecule has 1 fully saturated rings. The second-order valence-corrected chi connectivity index (χ2v) is 9.02. The fourth-order valence-corrected chi connectivity index (χ4v) is 5.39. The zero-order valence-corrected chi connectivity index (χ0v) is 18.7. The highest BCUT2D eigenvalue weighted by Gasteiger charge is 2.47. The average molecular weight is 470 g/mol. The summed E-state index contributed by atoms with van der Waals surface area (Å²) in [5, 5.41) is 15.0. The molecule has 1 saturated heterocycles. The molecule has 1 aromatic heterocycles. The summed E-state index contributed by atoms with van der Waals surface area (Å²) < 4.78 is 11.2. The third-order valence-electron chi connectivity index (χ3n) is 6.10. The van der Waals surface area contributed by atoms with Gasteiger partial charge in [-0.1, -0.05) is 42.5 Å². The Morgan fingerprint density at radius 2 is 1.71 bits per heavy atom. The lowest BCUT2D eigenvalue weighted by molar-refractivity contribution is -0.132. The largest absolute Gasteiger partial charge is 0.507 e. The first-order valence-corrected chi connectivity index (χ1v) is 11.7. The van der Waals surface area contributed by atoms with Gasteiger partial charge in [-0.2, -0.15) is 0 Å². The molecule has 0 aliphatic carbocycles. The molecule has 1 atom stereocenters. The average Bonchev–Trinajstić information content (AvgIpc) is 3.50. The van der Waals surface area contributed by atoms with Gasteiger partial charge >= 0.3 is 0 Å². The highest BCUT2D eigenvalue weighted by Crippen LogP contribution is 2.46. The Labute approximate surface area is 199 Å². The Morgan fingerprint density at radius 1 is 0.912 bits per heavy atom. The number of aliphatic hydroxyl groups excluding tert-OH is 1. The van der Waals surface area contributed by atoms with E-state index in [4.69, 9.17) is 9.47 Å². The molecule has 7 heteroatoms. The third kappa shape index (κ3) is 3.16. The van der Waals surface area contributed by atoms with Crippen LogP contribution in [0.1, 0.15) is 16.5 Å². The number of carbonyl (C=O) groups is 2. The number of Topliss-reactive ketones (excluding diaryl/α,β-unsaturated/α-hetero) is 1. The highest BCUT2D eigenvalue weighted by atomic mass is 32.1. The fourth-order valence-electron chi connectivity index (χ4n) is 4.56. The zero-order valence-electron chi connectivity index (χ0n) is 17.9. The summed E-state index contributed by atoms with van der Waals surface area (Å²) in [5.74, 6) is -0.566. The van der Waals surface area contributed by atoms with Crippen molar-refractivity contribution in [2.75, 3.05) is 18.1 Å². The minimum atomic E-state index is -0.751. The predicted octanol–water partition coefficient (Wildman–Crippen LogP) is 5.30. The number of aliphatic hydroxyl groups is 1. The molecule has 0 bridgehead atoms. The molecule has 4 aromatic rings. The second-order valence-electron chi connectivity index (χ2n) is 8.04. The lowest BCUT2D eigenvalue weighted by Crippen LogP contribution is -2.29. The van der Waals surface area contributed by atoms with Crippen LogP contribution in [0.25, 0.3) is 16.5 Å². The van der Waals surface area contributed by atoms with Crippen LogP contribution in [0.4, 0.5) is 5.69 Å². The number of hydrogen-bond acceptors (Lipinski definition) is 6. The maximum absolute atomic E-state index is 13.4. The van der Waals surface area contributed by atoms with Crippen molar-refractivity contribution < 1.29 is 24.2 Å². The Bertz CT molecular complexity index is 1470. The molecule has 6 nitrogen and oxygen atoms in total. The van der Waals surface area contributed by atoms with Gasteiger partial charge in [0, 0.05) is 15.8 Å². The summed E-state index contributed by atoms with van der Waals surface area (Å²) in [5.41, 5.74) is 1.07. The second kappa shape index (κ2) is 8.04. The van der Waals surface area contributed by atoms with E-state index < -0.39 is 17.7 Å². The van der Waals surface area contributed by atoms with Crippen molar-refractivity contribution in [3.05, 3.63) is 94.2 Å². The van der Waals surface area contributed by atoms with E-state index in [1.165, 1.54) is 16.2 Å². The first-order chi connectivity index (χ1) is 16.6. The van der Waals surface area contributed by atoms with Gasteiger partial charge in [-0.3, -0.25) is 14.5 Å². The maximum atomic E-state index is 13.4. The highest BCUT2D eigenvalue weighted by molar-refractivity contribution is 7.10. The third-order valence-corrected chi connectivity index (χ3v) is 7.02. The molecule has 0 radical (unpaired) electrons. The fraction of sp³-hybridized carbons (Fsp3) is 0.111. The minimum Gasteiger partial charge on any atom is -0.507 e. The van der Waals surface area contributed by atoms with Crippen LogP contribution in [0, 0.1) is 0 Å². The van der Waals surface area contributed by atoms with Gasteiger partial charge in [0.05, 0.1) is 11.3 Å². The molecule has 1 amide bonds. The van der Waals surface area contributed by atoms with E-state index in [0.717, 1.165) is 15.6 Å². The van der Waals surface area contributed by atoms with E-state index in [9.17, 15) is 14.7 Å². The molecule has 168 valence electrons. The first kappa shape index (κ1) is 20.5. The van der Waals surface area contributed by atoms with Crippen molar-refractivity contribution in [1.82, 2.24) is 0 Å². The van der Waals surface area contributed by atoms with Crippen LogP contribution < -0.4 is 14.4 Å². The Hall–Kier alpha value is -4.10. The number of fused-ring (bicyclic) bond motifs is 2. The molecular formula is C27H19NO5S. The maximum Gasteiger partial charge on any atom is 0.300 e. The van der Waals surface area contributed by atoms with Gasteiger partial charge in [-0.15, -0.1) is 11.3 Å². The van der Waals surface area contributed by atoms with Gasteiger partial charge in [0.15, 0.2) is 11.5 Å². The van der Waals surface area contributed by atoms with Crippen molar-refractivity contribution in [3.63, 3.8) is 0 Å². The van der Waals surface area contributed by atoms with E-state index >= 15 is 0 Å². The molecule has 2 aliphatic heterocycles. The van der Waals surface area contributed by atoms with Gasteiger partial charge in [-0.25, -0.2) is 0 Å². The SMILES string of the molecule is O=C1C(=O)N(c2cccc3ccccc23)C(c2cccs2)/C1=C(/O)c1ccc2c(c1)OCCO2. The van der Waals surface area contributed by atoms with E-state index in [1.54, 1.807) is 18.2 Å². The summed E-state index contributed by atoms with van der Waals surface area (Å²) in [7, 11) is 0. The van der Waals surface area contributed by atoms with Crippen molar-refractivity contribution in [1.29, 1.82) is 0 Å². The number of rotatable bonds is 3. The van der Waals surface area contributed by atoms with E-state index in [-0.39, 0.29) is 11.3 Å². The monoisotopic (exact) mass is 469 g/mol. The molecular weight excluding hydrogens is 450 g/mol. The van der Waals surface area contributed by atoms with Crippen LogP contribution in [-0.2, 0) is 9.59 Å². The smallest absolute Gasteiger partial charge is 0.300 e. The van der Waals surface area contributed by atoms with E-state index in [0.29, 0.717) is 36.0 Å². The Kier molecular flexibility index (Phi) is 4.85. The minimum absolute atomic E-state index is 0.0528. The van der Waals surface area contributed by atoms with Gasteiger partial charge in [0.2, 0.25) is 0 Å². The van der Waals surface area contributed by atoms with Crippen molar-refractivity contribution in [3.8, 4) is 11.5 Å². The van der Waals surface area contributed by atoms with Crippen LogP contribution >= 0.6 is 11.3 Å². The van der Waals surface area contributed by atoms with Gasteiger partial charge in [0.1, 0.15) is 25.0 Å². The van der Waals surface area contributed by atoms with Gasteiger partial charge < -0.3 is 14.6 Å². The molecule has 1 unspecified atom stereocenters. The molecule has 3 heterocycles. The summed E-state index contributed by atoms with van der Waals surface area (Å²) in [4.78, 5) is 29.1. The van der Waals surface area contributed by atoms with Crippen LogP contribution in [0.2, 0.25) is 0 Å². The number of ether oxygens (including phenoxy) is 2. The van der Waals surface area contributed by atoms with Crippen molar-refractivity contribution >= 4 is 45.2 Å². The van der Waals surface area contributed by atoms with Crippen LogP contribution in [-0.4, -0.2) is 30.0 Å². The predicted molar refractivity (Wildman–Crippen MR) is 130 cm³/mol. The molecule has 2 aliphatic rings. The van der Waals surface area contributed by atoms with Crippen molar-refractivity contribution in [2.45, 2.75) is 6.04 Å². The lowest BCUT2D eigenvalue weighted by atomic mass is 9.99. The summed E-state index contributed by atoms with van der Waals surface area (Å²) >= 11 is 1.43. The molecule has 0 spiro atoms. The lowest BCUT2D eigenvalue weighted by Gasteiger charge is -2.25. The number of anilines is 1.